The van der Waals surface area contributed by atoms with E-state index in [-0.39, 0.29) is 11.4 Å². The van der Waals surface area contributed by atoms with E-state index in [2.05, 4.69) is 10.4 Å². The molecule has 0 fully saturated rings. The third-order valence-corrected chi connectivity index (χ3v) is 6.57. The van der Waals surface area contributed by atoms with Crippen LogP contribution in [-0.4, -0.2) is 29.9 Å². The van der Waals surface area contributed by atoms with Crippen molar-refractivity contribution in [2.45, 2.75) is 11.4 Å². The van der Waals surface area contributed by atoms with Gasteiger partial charge in [0.1, 0.15) is 11.6 Å². The number of amides is 1. The highest BCUT2D eigenvalue weighted by Gasteiger charge is 2.20. The molecule has 0 aliphatic heterocycles. The lowest BCUT2D eigenvalue weighted by molar-refractivity contribution is -0.113. The minimum atomic E-state index is -3.80. The van der Waals surface area contributed by atoms with E-state index in [1.165, 1.54) is 35.1 Å². The summed E-state index contributed by atoms with van der Waals surface area (Å²) in [5.41, 5.74) is 0.710. The average Bonchev–Trinajstić information content (AvgIpc) is 3.05. The van der Waals surface area contributed by atoms with Gasteiger partial charge in [0, 0.05) is 11.1 Å². The molecule has 28 heavy (non-hydrogen) atoms. The summed E-state index contributed by atoms with van der Waals surface area (Å²) < 4.78 is 26.3. The molecule has 1 amide bonds. The van der Waals surface area contributed by atoms with Crippen molar-refractivity contribution in [2.75, 3.05) is 11.1 Å². The lowest BCUT2D eigenvalue weighted by atomic mass is 10.2. The number of carbonyl (C=O) groups excluding carboxylic acids is 1. The summed E-state index contributed by atoms with van der Waals surface area (Å²) in [5, 5.41) is 7.91. The lowest BCUT2D eigenvalue weighted by Crippen LogP contribution is -2.24. The summed E-state index contributed by atoms with van der Waals surface area (Å²) in [6.45, 7) is 0.256. The second kappa shape index (κ2) is 8.53. The molecule has 146 valence electrons. The molecule has 0 unspecified atom stereocenters. The van der Waals surface area contributed by atoms with Crippen molar-refractivity contribution in [3.05, 3.63) is 75.4 Å². The molecule has 3 rings (SSSR count). The zero-order chi connectivity index (χ0) is 20.3. The molecule has 0 saturated carbocycles. The molecule has 1 aromatic heterocycles. The van der Waals surface area contributed by atoms with Crippen molar-refractivity contribution in [3.8, 4) is 0 Å². The molecule has 0 aliphatic rings. The van der Waals surface area contributed by atoms with Crippen LogP contribution in [-0.2, 0) is 21.2 Å². The minimum Gasteiger partial charge on any atom is -0.310 e. The molecule has 0 atom stereocenters. The number of hydrogen-bond acceptors (Lipinski definition) is 4. The Labute approximate surface area is 176 Å². The van der Waals surface area contributed by atoms with E-state index in [9.17, 15) is 13.2 Å². The molecule has 1 N–H and O–H groups in total. The predicted octanol–water partition coefficient (Wildman–Crippen LogP) is 4.30. The van der Waals surface area contributed by atoms with E-state index < -0.39 is 21.5 Å². The number of nitrogens with one attached hydrogen (secondary N) is 1. The average molecular weight is 459 g/mol. The maximum Gasteiger partial charge on any atom is 0.241 e. The Morgan fingerprint density at radius 1 is 1.04 bits per heavy atom. The molecule has 3 aromatic rings. The van der Waals surface area contributed by atoms with Crippen molar-refractivity contribution in [1.29, 1.82) is 0 Å². The summed E-state index contributed by atoms with van der Waals surface area (Å²) in [7, 11) is -3.80. The fourth-order valence-corrected chi connectivity index (χ4v) is 4.11. The van der Waals surface area contributed by atoms with Gasteiger partial charge in [0.25, 0.3) is 0 Å². The summed E-state index contributed by atoms with van der Waals surface area (Å²) >= 11 is 18.0. The summed E-state index contributed by atoms with van der Waals surface area (Å²) in [5.74, 6) is -1.06. The Kier molecular flexibility index (Phi) is 6.30. The van der Waals surface area contributed by atoms with Gasteiger partial charge in [-0.15, -0.1) is 0 Å². The number of rotatable bonds is 6. The molecule has 0 spiro atoms. The van der Waals surface area contributed by atoms with Crippen LogP contribution >= 0.6 is 34.8 Å². The first-order valence-corrected chi connectivity index (χ1v) is 10.8. The molecule has 0 aliphatic carbocycles. The molecule has 1 heterocycles. The molecule has 0 radical (unpaired) electrons. The van der Waals surface area contributed by atoms with E-state index >= 15 is 0 Å². The van der Waals surface area contributed by atoms with E-state index in [1.807, 2.05) is 0 Å². The van der Waals surface area contributed by atoms with Gasteiger partial charge in [0.2, 0.25) is 5.91 Å². The molecular weight excluding hydrogens is 445 g/mol. The fourth-order valence-electron chi connectivity index (χ4n) is 2.47. The van der Waals surface area contributed by atoms with Crippen LogP contribution in [0.1, 0.15) is 5.56 Å². The van der Waals surface area contributed by atoms with Gasteiger partial charge in [-0.25, -0.2) is 13.1 Å². The molecule has 6 nitrogen and oxygen atoms in total. The van der Waals surface area contributed by atoms with Crippen LogP contribution in [0.3, 0.4) is 0 Å². The number of anilines is 1. The lowest BCUT2D eigenvalue weighted by Gasteiger charge is -2.11. The Balaban J connectivity index is 1.72. The Morgan fingerprint density at radius 2 is 1.75 bits per heavy atom. The van der Waals surface area contributed by atoms with Crippen LogP contribution < -0.4 is 5.32 Å². The highest BCUT2D eigenvalue weighted by Crippen LogP contribution is 2.26. The topological polar surface area (TPSA) is 81.1 Å². The van der Waals surface area contributed by atoms with Crippen molar-refractivity contribution in [2.24, 2.45) is 0 Å². The number of benzene rings is 2. The van der Waals surface area contributed by atoms with Crippen molar-refractivity contribution < 1.29 is 13.2 Å². The Bertz CT molecular complexity index is 1110. The van der Waals surface area contributed by atoms with Gasteiger partial charge in [-0.05, 0) is 35.9 Å². The first-order chi connectivity index (χ1) is 13.3. The normalized spacial score (nSPS) is 11.4. The standard InChI is InChI=1S/C18H14Cl3N3O3S/c19-13-4-6-14(7-5-13)28(26,27)11-17(25)23-16-8-9-22-24(16)10-12-2-1-3-15(20)18(12)21/h1-9H,10-11H2,(H,23,25). The highest BCUT2D eigenvalue weighted by molar-refractivity contribution is 7.92. The minimum absolute atomic E-state index is 0.0197. The smallest absolute Gasteiger partial charge is 0.241 e. The number of carbonyl (C=O) groups is 1. The third kappa shape index (κ3) is 4.86. The fraction of sp³-hybridized carbons (Fsp3) is 0.111. The SMILES string of the molecule is O=C(CS(=O)(=O)c1ccc(Cl)cc1)Nc1ccnn1Cc1cccc(Cl)c1Cl. The van der Waals surface area contributed by atoms with Crippen LogP contribution in [0.4, 0.5) is 5.82 Å². The maximum atomic E-state index is 12.4. The largest absolute Gasteiger partial charge is 0.310 e. The second-order valence-corrected chi connectivity index (χ2v) is 9.06. The van der Waals surface area contributed by atoms with Crippen LogP contribution in [0.2, 0.25) is 15.1 Å². The van der Waals surface area contributed by atoms with Gasteiger partial charge in [-0.2, -0.15) is 5.10 Å². The predicted molar refractivity (Wildman–Crippen MR) is 110 cm³/mol. The summed E-state index contributed by atoms with van der Waals surface area (Å²) in [4.78, 5) is 12.3. The molecule has 2 aromatic carbocycles. The number of aromatic nitrogens is 2. The van der Waals surface area contributed by atoms with Gasteiger partial charge >= 0.3 is 0 Å². The van der Waals surface area contributed by atoms with Crippen molar-refractivity contribution in [3.63, 3.8) is 0 Å². The summed E-state index contributed by atoms with van der Waals surface area (Å²) in [6.07, 6.45) is 1.49. The number of sulfone groups is 1. The Morgan fingerprint density at radius 3 is 2.46 bits per heavy atom. The van der Waals surface area contributed by atoms with E-state index in [0.29, 0.717) is 26.4 Å². The molecule has 0 saturated heterocycles. The van der Waals surface area contributed by atoms with Gasteiger partial charge in [-0.3, -0.25) is 4.79 Å². The third-order valence-electron chi connectivity index (χ3n) is 3.83. The Hall–Kier alpha value is -2.06. The van der Waals surface area contributed by atoms with Gasteiger partial charge in [-0.1, -0.05) is 46.9 Å². The van der Waals surface area contributed by atoms with Gasteiger partial charge in [0.15, 0.2) is 9.84 Å². The first-order valence-electron chi connectivity index (χ1n) is 7.99. The van der Waals surface area contributed by atoms with Crippen LogP contribution in [0, 0.1) is 0 Å². The van der Waals surface area contributed by atoms with E-state index in [0.717, 1.165) is 0 Å². The molecular formula is C18H14Cl3N3O3S. The number of hydrogen-bond donors (Lipinski definition) is 1. The van der Waals surface area contributed by atoms with Crippen LogP contribution in [0.15, 0.2) is 59.6 Å². The van der Waals surface area contributed by atoms with Gasteiger partial charge < -0.3 is 5.32 Å². The number of nitrogens with zero attached hydrogens (tertiary/aromatic N) is 2. The van der Waals surface area contributed by atoms with Gasteiger partial charge in [0.05, 0.1) is 27.7 Å². The molecule has 0 bridgehead atoms. The highest BCUT2D eigenvalue weighted by atomic mass is 35.5. The van der Waals surface area contributed by atoms with Crippen molar-refractivity contribution >= 4 is 56.4 Å². The summed E-state index contributed by atoms with van der Waals surface area (Å²) in [6, 6.07) is 12.4. The maximum absolute atomic E-state index is 12.4. The zero-order valence-corrected chi connectivity index (χ0v) is 17.4. The van der Waals surface area contributed by atoms with Crippen molar-refractivity contribution in [1.82, 2.24) is 9.78 Å². The van der Waals surface area contributed by atoms with Crippen LogP contribution in [0.25, 0.3) is 0 Å². The second-order valence-electron chi connectivity index (χ2n) is 5.85. The van der Waals surface area contributed by atoms with Crippen LogP contribution in [0.5, 0.6) is 0 Å². The zero-order valence-electron chi connectivity index (χ0n) is 14.3. The number of halogens is 3. The van der Waals surface area contributed by atoms with E-state index in [1.54, 1.807) is 24.3 Å². The monoisotopic (exact) mass is 457 g/mol. The molecule has 10 heteroatoms. The first kappa shape index (κ1) is 20.7. The van der Waals surface area contributed by atoms with E-state index in [4.69, 9.17) is 34.8 Å². The quantitative estimate of drug-likeness (QED) is 0.597.